The third-order valence-electron chi connectivity index (χ3n) is 5.56. The molecule has 1 unspecified atom stereocenters. The van der Waals surface area contributed by atoms with Crippen LogP contribution in [0, 0.1) is 13.8 Å². The lowest BCUT2D eigenvalue weighted by atomic mass is 10.0. The first-order valence-corrected chi connectivity index (χ1v) is 10.4. The molecule has 2 aromatic rings. The Kier molecular flexibility index (Phi) is 7.09. The molecule has 0 spiro atoms. The predicted octanol–water partition coefficient (Wildman–Crippen LogP) is 3.03. The summed E-state index contributed by atoms with van der Waals surface area (Å²) in [5.41, 5.74) is 4.49. The number of benzene rings is 1. The number of aryl methyl sites for hydroxylation is 2. The maximum Gasteiger partial charge on any atom is 0.191 e. The smallest absolute Gasteiger partial charge is 0.191 e. The van der Waals surface area contributed by atoms with Gasteiger partial charge in [0.25, 0.3) is 0 Å². The molecule has 1 aromatic heterocycles. The fourth-order valence-corrected chi connectivity index (χ4v) is 4.06. The lowest BCUT2D eigenvalue weighted by molar-refractivity contribution is 0.157. The van der Waals surface area contributed by atoms with Crippen molar-refractivity contribution in [1.82, 2.24) is 25.3 Å². The molecule has 3 rings (SSSR count). The number of hydrogen-bond donors (Lipinski definition) is 2. The maximum atomic E-state index is 4.64. The fourth-order valence-electron chi connectivity index (χ4n) is 4.06. The minimum Gasteiger partial charge on any atom is -0.355 e. The SMILES string of the molecule is CCN1CCCCC1CNC(=NC)NCc1ccccc1-n1nc(C)cc1C. The van der Waals surface area contributed by atoms with E-state index >= 15 is 0 Å². The number of nitrogens with zero attached hydrogens (tertiary/aromatic N) is 4. The van der Waals surface area contributed by atoms with Gasteiger partial charge in [0.2, 0.25) is 0 Å². The zero-order valence-electron chi connectivity index (χ0n) is 17.7. The molecule has 0 amide bonds. The Morgan fingerprint density at radius 3 is 2.75 bits per heavy atom. The Bertz CT molecular complexity index is 794. The molecule has 1 aliphatic heterocycles. The second kappa shape index (κ2) is 9.73. The van der Waals surface area contributed by atoms with E-state index in [4.69, 9.17) is 0 Å². The van der Waals surface area contributed by atoms with E-state index in [2.05, 4.69) is 69.8 Å². The first kappa shape index (κ1) is 20.4. The summed E-state index contributed by atoms with van der Waals surface area (Å²) in [7, 11) is 1.83. The average molecular weight is 383 g/mol. The first-order valence-electron chi connectivity index (χ1n) is 10.4. The monoisotopic (exact) mass is 382 g/mol. The summed E-state index contributed by atoms with van der Waals surface area (Å²) < 4.78 is 2.02. The highest BCUT2D eigenvalue weighted by Crippen LogP contribution is 2.17. The molecule has 28 heavy (non-hydrogen) atoms. The van der Waals surface area contributed by atoms with Gasteiger partial charge in [-0.2, -0.15) is 5.10 Å². The summed E-state index contributed by atoms with van der Waals surface area (Å²) in [4.78, 5) is 6.99. The molecule has 0 saturated carbocycles. The van der Waals surface area contributed by atoms with Gasteiger partial charge in [-0.3, -0.25) is 9.89 Å². The van der Waals surface area contributed by atoms with Crippen molar-refractivity contribution in [1.29, 1.82) is 0 Å². The third-order valence-corrected chi connectivity index (χ3v) is 5.56. The van der Waals surface area contributed by atoms with Crippen molar-refractivity contribution < 1.29 is 0 Å². The van der Waals surface area contributed by atoms with Crippen LogP contribution in [0.1, 0.15) is 43.1 Å². The summed E-state index contributed by atoms with van der Waals surface area (Å²) in [6.45, 7) is 10.3. The van der Waals surface area contributed by atoms with E-state index in [-0.39, 0.29) is 0 Å². The average Bonchev–Trinajstić information content (AvgIpc) is 3.06. The molecule has 1 saturated heterocycles. The molecule has 0 bridgehead atoms. The van der Waals surface area contributed by atoms with Gasteiger partial charge in [0.15, 0.2) is 5.96 Å². The molecule has 1 aromatic carbocycles. The fraction of sp³-hybridized carbons (Fsp3) is 0.545. The molecule has 152 valence electrons. The number of aromatic nitrogens is 2. The van der Waals surface area contributed by atoms with Gasteiger partial charge in [-0.1, -0.05) is 31.5 Å². The van der Waals surface area contributed by atoms with Crippen molar-refractivity contribution in [2.75, 3.05) is 26.7 Å². The number of para-hydroxylation sites is 1. The second-order valence-electron chi connectivity index (χ2n) is 7.55. The highest BCUT2D eigenvalue weighted by Gasteiger charge is 2.20. The van der Waals surface area contributed by atoms with Crippen LogP contribution in [-0.4, -0.2) is 53.4 Å². The van der Waals surface area contributed by atoms with E-state index < -0.39 is 0 Å². The normalized spacial score (nSPS) is 18.3. The third kappa shape index (κ3) is 4.93. The zero-order chi connectivity index (χ0) is 19.9. The summed E-state index contributed by atoms with van der Waals surface area (Å²) in [5.74, 6) is 0.852. The van der Waals surface area contributed by atoms with Crippen LogP contribution in [-0.2, 0) is 6.54 Å². The van der Waals surface area contributed by atoms with Gasteiger partial charge in [0.05, 0.1) is 11.4 Å². The number of likely N-dealkylation sites (N-methyl/N-ethyl adjacent to an activating group) is 1. The summed E-state index contributed by atoms with van der Waals surface area (Å²) in [5, 5.41) is 11.6. The minimum atomic E-state index is 0.597. The molecule has 6 nitrogen and oxygen atoms in total. The van der Waals surface area contributed by atoms with Gasteiger partial charge >= 0.3 is 0 Å². The van der Waals surface area contributed by atoms with Crippen molar-refractivity contribution in [2.24, 2.45) is 4.99 Å². The van der Waals surface area contributed by atoms with Crippen molar-refractivity contribution in [3.63, 3.8) is 0 Å². The highest BCUT2D eigenvalue weighted by molar-refractivity contribution is 5.79. The van der Waals surface area contributed by atoms with Crippen molar-refractivity contribution in [3.8, 4) is 5.69 Å². The van der Waals surface area contributed by atoms with Gasteiger partial charge in [-0.05, 0) is 57.5 Å². The summed E-state index contributed by atoms with van der Waals surface area (Å²) in [6.07, 6.45) is 3.91. The number of rotatable bonds is 6. The number of aliphatic imine (C=N–C) groups is 1. The van der Waals surface area contributed by atoms with E-state index in [0.717, 1.165) is 36.1 Å². The van der Waals surface area contributed by atoms with Gasteiger partial charge in [0.1, 0.15) is 0 Å². The number of piperidine rings is 1. The van der Waals surface area contributed by atoms with Crippen LogP contribution in [0.2, 0.25) is 0 Å². The Labute approximate surface area is 169 Å². The lowest BCUT2D eigenvalue weighted by Gasteiger charge is -2.35. The molecule has 0 radical (unpaired) electrons. The molecule has 1 atom stereocenters. The van der Waals surface area contributed by atoms with Crippen LogP contribution in [0.3, 0.4) is 0 Å². The molecular weight excluding hydrogens is 348 g/mol. The van der Waals surface area contributed by atoms with Crippen molar-refractivity contribution >= 4 is 5.96 Å². The molecule has 1 fully saturated rings. The largest absolute Gasteiger partial charge is 0.355 e. The summed E-state index contributed by atoms with van der Waals surface area (Å²) in [6, 6.07) is 11.1. The number of likely N-dealkylation sites (tertiary alicyclic amines) is 1. The molecule has 0 aliphatic carbocycles. The second-order valence-corrected chi connectivity index (χ2v) is 7.55. The molecular formula is C22H34N6. The Balaban J connectivity index is 1.62. The van der Waals surface area contributed by atoms with E-state index in [1.807, 2.05) is 18.7 Å². The highest BCUT2D eigenvalue weighted by atomic mass is 15.3. The van der Waals surface area contributed by atoms with Gasteiger partial charge in [0, 0.05) is 31.9 Å². The molecule has 1 aliphatic rings. The van der Waals surface area contributed by atoms with Crippen LogP contribution in [0.15, 0.2) is 35.3 Å². The van der Waals surface area contributed by atoms with E-state index in [1.165, 1.54) is 31.4 Å². The number of nitrogens with one attached hydrogen (secondary N) is 2. The van der Waals surface area contributed by atoms with E-state index in [0.29, 0.717) is 12.6 Å². The number of guanidine groups is 1. The van der Waals surface area contributed by atoms with Crippen LogP contribution in [0.25, 0.3) is 5.69 Å². The van der Waals surface area contributed by atoms with Crippen molar-refractivity contribution in [3.05, 3.63) is 47.3 Å². The minimum absolute atomic E-state index is 0.597. The van der Waals surface area contributed by atoms with E-state index in [1.54, 1.807) is 0 Å². The molecule has 2 heterocycles. The quantitative estimate of drug-likeness (QED) is 0.596. The molecule has 6 heteroatoms. The standard InChI is InChI=1S/C22H34N6/c1-5-27-13-9-8-11-20(27)16-25-22(23-4)24-15-19-10-6-7-12-21(19)28-18(3)14-17(2)26-28/h6-7,10,12,14,20H,5,8-9,11,13,15-16H2,1-4H3,(H2,23,24,25). The van der Waals surface area contributed by atoms with Crippen molar-refractivity contribution in [2.45, 2.75) is 52.6 Å². The number of hydrogen-bond acceptors (Lipinski definition) is 3. The Morgan fingerprint density at radius 1 is 1.21 bits per heavy atom. The Hall–Kier alpha value is -2.34. The van der Waals surface area contributed by atoms with Crippen LogP contribution < -0.4 is 10.6 Å². The maximum absolute atomic E-state index is 4.64. The predicted molar refractivity (Wildman–Crippen MR) is 116 cm³/mol. The zero-order valence-corrected chi connectivity index (χ0v) is 17.7. The lowest BCUT2D eigenvalue weighted by Crippen LogP contribution is -2.48. The Morgan fingerprint density at radius 2 is 2.04 bits per heavy atom. The van der Waals surface area contributed by atoms with E-state index in [9.17, 15) is 0 Å². The van der Waals surface area contributed by atoms with Gasteiger partial charge in [-0.25, -0.2) is 4.68 Å². The van der Waals surface area contributed by atoms with Gasteiger partial charge < -0.3 is 10.6 Å². The summed E-state index contributed by atoms with van der Waals surface area (Å²) >= 11 is 0. The van der Waals surface area contributed by atoms with Crippen LogP contribution >= 0.6 is 0 Å². The first-order chi connectivity index (χ1) is 13.6. The van der Waals surface area contributed by atoms with Crippen LogP contribution in [0.4, 0.5) is 0 Å². The van der Waals surface area contributed by atoms with Crippen LogP contribution in [0.5, 0.6) is 0 Å². The topological polar surface area (TPSA) is 57.5 Å². The van der Waals surface area contributed by atoms with Gasteiger partial charge in [-0.15, -0.1) is 0 Å². The molecule has 2 N–H and O–H groups in total.